The number of nitrogens with zero attached hydrogens (tertiary/aromatic N) is 2. The van der Waals surface area contributed by atoms with Gasteiger partial charge in [-0.2, -0.15) is 0 Å². The summed E-state index contributed by atoms with van der Waals surface area (Å²) in [4.78, 5) is 4.10. The van der Waals surface area contributed by atoms with Gasteiger partial charge in [-0.25, -0.2) is 4.98 Å². The number of allylic oxidation sites excluding steroid dienone is 7. The number of pyridine rings is 1. The molecular weight excluding hydrogens is 362 g/mol. The van der Waals surface area contributed by atoms with Crippen LogP contribution < -0.4 is 5.73 Å². The van der Waals surface area contributed by atoms with E-state index in [1.165, 1.54) is 5.57 Å². The lowest BCUT2D eigenvalue weighted by Crippen LogP contribution is -1.97. The SMILES string of the molecule is C=C/C=C(\C=C/C)COC1=CC=C(Cc2cc(-c3ccc(N)nc3)on2)CCC1. The molecule has 0 aliphatic heterocycles. The van der Waals surface area contributed by atoms with E-state index in [2.05, 4.69) is 28.9 Å². The lowest BCUT2D eigenvalue weighted by Gasteiger charge is -2.09. The molecule has 0 bridgehead atoms. The monoisotopic (exact) mass is 389 g/mol. The van der Waals surface area contributed by atoms with Crippen molar-refractivity contribution in [3.63, 3.8) is 0 Å². The molecule has 5 heteroatoms. The van der Waals surface area contributed by atoms with Crippen LogP contribution in [0.2, 0.25) is 0 Å². The van der Waals surface area contributed by atoms with Crippen LogP contribution in [0.15, 0.2) is 88.9 Å². The quantitative estimate of drug-likeness (QED) is 0.598. The predicted octanol–water partition coefficient (Wildman–Crippen LogP) is 5.56. The summed E-state index contributed by atoms with van der Waals surface area (Å²) in [7, 11) is 0. The van der Waals surface area contributed by atoms with Crippen LogP contribution in [0.5, 0.6) is 0 Å². The smallest absolute Gasteiger partial charge is 0.168 e. The van der Waals surface area contributed by atoms with Crippen molar-refractivity contribution in [3.8, 4) is 11.3 Å². The molecule has 0 unspecified atom stereocenters. The minimum atomic E-state index is 0.486. The number of aromatic nitrogens is 2. The van der Waals surface area contributed by atoms with Crippen LogP contribution in [0.25, 0.3) is 11.3 Å². The molecule has 0 aromatic carbocycles. The maximum Gasteiger partial charge on any atom is 0.168 e. The Morgan fingerprint density at radius 3 is 2.97 bits per heavy atom. The van der Waals surface area contributed by atoms with E-state index in [-0.39, 0.29) is 0 Å². The summed E-state index contributed by atoms with van der Waals surface area (Å²) in [5.41, 5.74) is 9.83. The van der Waals surface area contributed by atoms with Gasteiger partial charge in [0.1, 0.15) is 12.4 Å². The third-order valence-electron chi connectivity index (χ3n) is 4.60. The third kappa shape index (κ3) is 6.07. The molecule has 3 rings (SSSR count). The van der Waals surface area contributed by atoms with Crippen molar-refractivity contribution in [3.05, 3.63) is 90.0 Å². The van der Waals surface area contributed by atoms with Gasteiger partial charge in [0.25, 0.3) is 0 Å². The number of anilines is 1. The van der Waals surface area contributed by atoms with Crippen molar-refractivity contribution in [2.45, 2.75) is 32.6 Å². The lowest BCUT2D eigenvalue weighted by molar-refractivity contribution is 0.229. The van der Waals surface area contributed by atoms with E-state index < -0.39 is 0 Å². The Hall–Kier alpha value is -3.34. The van der Waals surface area contributed by atoms with Crippen LogP contribution in [0.1, 0.15) is 31.9 Å². The first-order chi connectivity index (χ1) is 14.2. The Balaban J connectivity index is 1.62. The van der Waals surface area contributed by atoms with E-state index in [1.54, 1.807) is 18.3 Å². The van der Waals surface area contributed by atoms with Gasteiger partial charge in [-0.05, 0) is 43.5 Å². The van der Waals surface area contributed by atoms with Crippen LogP contribution >= 0.6 is 0 Å². The number of nitrogens with two attached hydrogens (primary N) is 1. The Bertz CT molecular complexity index is 947. The molecule has 5 nitrogen and oxygen atoms in total. The highest BCUT2D eigenvalue weighted by Crippen LogP contribution is 2.25. The fraction of sp³-hybridized carbons (Fsp3) is 0.250. The number of ether oxygens (including phenoxy) is 1. The van der Waals surface area contributed by atoms with Crippen LogP contribution in [0, 0.1) is 0 Å². The first-order valence-electron chi connectivity index (χ1n) is 9.81. The van der Waals surface area contributed by atoms with E-state index in [0.717, 1.165) is 48.3 Å². The van der Waals surface area contributed by atoms with Crippen molar-refractivity contribution >= 4 is 5.82 Å². The van der Waals surface area contributed by atoms with Crippen molar-refractivity contribution in [2.75, 3.05) is 12.3 Å². The van der Waals surface area contributed by atoms with E-state index in [1.807, 2.05) is 37.3 Å². The largest absolute Gasteiger partial charge is 0.493 e. The van der Waals surface area contributed by atoms with Gasteiger partial charge < -0.3 is 15.0 Å². The highest BCUT2D eigenvalue weighted by Gasteiger charge is 2.11. The van der Waals surface area contributed by atoms with Gasteiger partial charge in [-0.3, -0.25) is 0 Å². The van der Waals surface area contributed by atoms with Gasteiger partial charge in [0.15, 0.2) is 5.76 Å². The zero-order chi connectivity index (χ0) is 20.5. The van der Waals surface area contributed by atoms with Crippen molar-refractivity contribution in [1.29, 1.82) is 0 Å². The topological polar surface area (TPSA) is 74.2 Å². The maximum absolute atomic E-state index is 6.00. The standard InChI is InChI=1S/C24H27N3O2/c1-3-6-19(7-4-2)17-28-22-9-5-8-18(10-12-22)14-21-15-23(29-27-21)20-11-13-24(25)26-16-20/h3-4,6-7,10-13,15-16H,1,5,8-9,14,17H2,2H3,(H2,25,26)/b7-4-,19-6+. The third-order valence-corrected chi connectivity index (χ3v) is 4.60. The first kappa shape index (κ1) is 20.4. The van der Waals surface area contributed by atoms with Gasteiger partial charge in [-0.15, -0.1) is 0 Å². The van der Waals surface area contributed by atoms with Gasteiger partial charge in [-0.1, -0.05) is 47.7 Å². The highest BCUT2D eigenvalue weighted by atomic mass is 16.5. The van der Waals surface area contributed by atoms with E-state index in [0.29, 0.717) is 18.2 Å². The molecule has 0 saturated carbocycles. The predicted molar refractivity (Wildman–Crippen MR) is 117 cm³/mol. The molecule has 0 radical (unpaired) electrons. The number of hydrogen-bond donors (Lipinski definition) is 1. The molecular formula is C24H27N3O2. The molecule has 0 spiro atoms. The Labute approximate surface area is 172 Å². The Kier molecular flexibility index (Phi) is 7.22. The zero-order valence-corrected chi connectivity index (χ0v) is 16.8. The fourth-order valence-electron chi connectivity index (χ4n) is 3.14. The van der Waals surface area contributed by atoms with Gasteiger partial charge in [0, 0.05) is 30.7 Å². The molecule has 0 amide bonds. The maximum atomic E-state index is 6.00. The summed E-state index contributed by atoms with van der Waals surface area (Å²) in [6.45, 7) is 6.30. The van der Waals surface area contributed by atoms with Gasteiger partial charge >= 0.3 is 0 Å². The molecule has 150 valence electrons. The average Bonchev–Trinajstić information content (AvgIpc) is 3.06. The molecule has 2 aromatic heterocycles. The minimum Gasteiger partial charge on any atom is -0.493 e. The summed E-state index contributed by atoms with van der Waals surface area (Å²) < 4.78 is 11.5. The average molecular weight is 389 g/mol. The fourth-order valence-corrected chi connectivity index (χ4v) is 3.14. The van der Waals surface area contributed by atoms with Crippen molar-refractivity contribution in [1.82, 2.24) is 10.1 Å². The zero-order valence-electron chi connectivity index (χ0n) is 16.8. The summed E-state index contributed by atoms with van der Waals surface area (Å²) in [6.07, 6.45) is 17.5. The molecule has 2 aromatic rings. The van der Waals surface area contributed by atoms with Crippen molar-refractivity contribution < 1.29 is 9.26 Å². The van der Waals surface area contributed by atoms with E-state index in [4.69, 9.17) is 15.0 Å². The Morgan fingerprint density at radius 2 is 2.21 bits per heavy atom. The molecule has 0 saturated heterocycles. The lowest BCUT2D eigenvalue weighted by atomic mass is 10.0. The second-order valence-electron chi connectivity index (χ2n) is 6.91. The summed E-state index contributed by atoms with van der Waals surface area (Å²) >= 11 is 0. The van der Waals surface area contributed by atoms with Crippen molar-refractivity contribution in [2.24, 2.45) is 0 Å². The molecule has 29 heavy (non-hydrogen) atoms. The highest BCUT2D eigenvalue weighted by molar-refractivity contribution is 5.57. The summed E-state index contributed by atoms with van der Waals surface area (Å²) in [5, 5.41) is 4.21. The van der Waals surface area contributed by atoms with E-state index in [9.17, 15) is 0 Å². The number of rotatable bonds is 8. The number of hydrogen-bond acceptors (Lipinski definition) is 5. The molecule has 0 fully saturated rings. The van der Waals surface area contributed by atoms with Gasteiger partial charge in [0.05, 0.1) is 11.5 Å². The second-order valence-corrected chi connectivity index (χ2v) is 6.91. The van der Waals surface area contributed by atoms with Crippen LogP contribution in [0.4, 0.5) is 5.82 Å². The molecule has 1 aliphatic carbocycles. The van der Waals surface area contributed by atoms with Crippen LogP contribution in [-0.4, -0.2) is 16.7 Å². The first-order valence-corrected chi connectivity index (χ1v) is 9.81. The molecule has 2 heterocycles. The molecule has 1 aliphatic rings. The molecule has 0 atom stereocenters. The minimum absolute atomic E-state index is 0.486. The van der Waals surface area contributed by atoms with Crippen LogP contribution in [-0.2, 0) is 11.2 Å². The second kappa shape index (κ2) is 10.3. The number of nitrogen functional groups attached to an aromatic ring is 1. The summed E-state index contributed by atoms with van der Waals surface area (Å²) in [5.74, 6) is 2.19. The normalized spacial score (nSPS) is 15.0. The van der Waals surface area contributed by atoms with E-state index >= 15 is 0 Å². The van der Waals surface area contributed by atoms with Crippen LogP contribution in [0.3, 0.4) is 0 Å². The molecule has 2 N–H and O–H groups in total. The Morgan fingerprint density at radius 1 is 1.31 bits per heavy atom. The summed E-state index contributed by atoms with van der Waals surface area (Å²) in [6, 6.07) is 5.60. The van der Waals surface area contributed by atoms with Gasteiger partial charge in [0.2, 0.25) is 0 Å².